The molecule has 1 fully saturated rings. The number of rotatable bonds is 5. The maximum absolute atomic E-state index is 12.7. The van der Waals surface area contributed by atoms with E-state index in [1.807, 2.05) is 31.2 Å². The number of aromatic nitrogens is 4. The zero-order valence-corrected chi connectivity index (χ0v) is 16.2. The van der Waals surface area contributed by atoms with Crippen LogP contribution in [0.1, 0.15) is 23.4 Å². The summed E-state index contributed by atoms with van der Waals surface area (Å²) in [5, 5.41) is 40.1. The molecule has 30 heavy (non-hydrogen) atoms. The van der Waals surface area contributed by atoms with Crippen LogP contribution in [0.3, 0.4) is 0 Å². The number of imidazole rings is 1. The van der Waals surface area contributed by atoms with E-state index in [1.54, 1.807) is 0 Å². The predicted molar refractivity (Wildman–Crippen MR) is 104 cm³/mol. The van der Waals surface area contributed by atoms with E-state index in [0.717, 1.165) is 11.1 Å². The van der Waals surface area contributed by atoms with Crippen LogP contribution >= 0.6 is 0 Å². The van der Waals surface area contributed by atoms with E-state index in [9.17, 15) is 25.2 Å². The Kier molecular flexibility index (Phi) is 5.30. The Labute approximate surface area is 170 Å². The molecule has 1 aromatic carbocycles. The quantitative estimate of drug-likeness (QED) is 0.261. The maximum atomic E-state index is 12.7. The zero-order chi connectivity index (χ0) is 21.6. The first-order valence-electron chi connectivity index (χ1n) is 9.47. The fourth-order valence-corrected chi connectivity index (χ4v) is 3.81. The van der Waals surface area contributed by atoms with Gasteiger partial charge < -0.3 is 30.9 Å². The van der Waals surface area contributed by atoms with Crippen molar-refractivity contribution in [2.24, 2.45) is 0 Å². The molecule has 0 saturated carbocycles. The number of nitrogens with zero attached hydrogens (tertiary/aromatic N) is 3. The molecule has 4 rings (SSSR count). The lowest BCUT2D eigenvalue weighted by Gasteiger charge is -2.14. The fourth-order valence-electron chi connectivity index (χ4n) is 3.81. The predicted octanol–water partition coefficient (Wildman–Crippen LogP) is -1.90. The molecule has 0 radical (unpaired) electrons. The molecule has 3 heterocycles. The third-order valence-electron chi connectivity index (χ3n) is 5.41. The molecular formula is C19H24N5O6+. The molecule has 7 N–H and O–H groups in total. The number of aliphatic hydroxyl groups is 4. The van der Waals surface area contributed by atoms with E-state index in [4.69, 9.17) is 10.5 Å². The molecule has 0 bridgehead atoms. The van der Waals surface area contributed by atoms with Crippen LogP contribution in [0.5, 0.6) is 0 Å². The number of aliphatic hydroxyl groups excluding tert-OH is 4. The number of nitrogen functional groups attached to an aromatic ring is 1. The van der Waals surface area contributed by atoms with Gasteiger partial charge in [0.05, 0.1) is 13.2 Å². The summed E-state index contributed by atoms with van der Waals surface area (Å²) in [4.78, 5) is 19.4. The molecular weight excluding hydrogens is 394 g/mol. The number of fused-ring (bicyclic) bond motifs is 1. The van der Waals surface area contributed by atoms with E-state index in [1.165, 1.54) is 15.5 Å². The fraction of sp³-hybridized carbons (Fsp3) is 0.421. The van der Waals surface area contributed by atoms with Gasteiger partial charge in [-0.25, -0.2) is 9.13 Å². The second kappa shape index (κ2) is 7.78. The third kappa shape index (κ3) is 3.26. The summed E-state index contributed by atoms with van der Waals surface area (Å²) in [6, 6.07) is 6.85. The second-order valence-electron chi connectivity index (χ2n) is 7.39. The van der Waals surface area contributed by atoms with Crippen LogP contribution in [0.25, 0.3) is 11.2 Å². The number of H-pyrrole nitrogens is 1. The third-order valence-corrected chi connectivity index (χ3v) is 5.41. The molecule has 160 valence electrons. The minimum Gasteiger partial charge on any atom is -0.394 e. The lowest BCUT2D eigenvalue weighted by atomic mass is 10.1. The lowest BCUT2D eigenvalue weighted by molar-refractivity contribution is -0.746. The molecule has 11 heteroatoms. The number of aromatic amines is 1. The topological polar surface area (TPSA) is 171 Å². The average molecular weight is 418 g/mol. The van der Waals surface area contributed by atoms with Gasteiger partial charge >= 0.3 is 5.65 Å². The molecule has 1 aliphatic rings. The minimum atomic E-state index is -1.37. The summed E-state index contributed by atoms with van der Waals surface area (Å²) in [5.74, 6) is -0.137. The van der Waals surface area contributed by atoms with Crippen molar-refractivity contribution in [2.75, 3.05) is 18.9 Å². The van der Waals surface area contributed by atoms with Gasteiger partial charge in [0.2, 0.25) is 11.7 Å². The van der Waals surface area contributed by atoms with Crippen LogP contribution in [-0.2, 0) is 4.74 Å². The zero-order valence-electron chi connectivity index (χ0n) is 16.2. The molecule has 5 atom stereocenters. The Bertz CT molecular complexity index is 1110. The summed E-state index contributed by atoms with van der Waals surface area (Å²) < 4.78 is 8.51. The molecule has 0 spiro atoms. The number of nitrogens with one attached hydrogen (secondary N) is 1. The molecule has 2 aromatic heterocycles. The van der Waals surface area contributed by atoms with Crippen LogP contribution in [0.2, 0.25) is 0 Å². The Hall–Kier alpha value is -2.83. The van der Waals surface area contributed by atoms with Crippen LogP contribution in [0.15, 0.2) is 35.4 Å². The van der Waals surface area contributed by atoms with Crippen LogP contribution < -0.4 is 15.9 Å². The summed E-state index contributed by atoms with van der Waals surface area (Å²) >= 11 is 0. The van der Waals surface area contributed by atoms with Crippen molar-refractivity contribution in [1.82, 2.24) is 14.5 Å². The number of ether oxygens (including phenoxy) is 1. The summed E-state index contributed by atoms with van der Waals surface area (Å²) in [6.45, 7) is 1.13. The normalized spacial score (nSPS) is 25.1. The molecule has 0 amide bonds. The Morgan fingerprint density at radius 2 is 1.97 bits per heavy atom. The summed E-state index contributed by atoms with van der Waals surface area (Å²) in [6.07, 6.45) is -3.34. The van der Waals surface area contributed by atoms with Gasteiger partial charge in [0.15, 0.2) is 6.33 Å². The van der Waals surface area contributed by atoms with Crippen LogP contribution in [-0.4, -0.2) is 66.5 Å². The average Bonchev–Trinajstić information content (AvgIpc) is 3.22. The number of anilines is 1. The van der Waals surface area contributed by atoms with E-state index in [2.05, 4.69) is 9.97 Å². The number of aryl methyl sites for hydroxylation is 1. The first kappa shape index (κ1) is 20.4. The maximum Gasteiger partial charge on any atom is 0.313 e. The number of nitrogens with two attached hydrogens (primary N) is 1. The Morgan fingerprint density at radius 1 is 1.27 bits per heavy atom. The first-order chi connectivity index (χ1) is 14.3. The van der Waals surface area contributed by atoms with Crippen molar-refractivity contribution in [3.63, 3.8) is 0 Å². The molecule has 0 unspecified atom stereocenters. The van der Waals surface area contributed by atoms with Gasteiger partial charge in [-0.3, -0.25) is 9.78 Å². The van der Waals surface area contributed by atoms with Crippen molar-refractivity contribution in [3.05, 3.63) is 52.1 Å². The van der Waals surface area contributed by atoms with Gasteiger partial charge in [-0.1, -0.05) is 34.8 Å². The van der Waals surface area contributed by atoms with Gasteiger partial charge in [0, 0.05) is 0 Å². The Balaban J connectivity index is 1.91. The lowest BCUT2D eigenvalue weighted by Crippen LogP contribution is -2.46. The van der Waals surface area contributed by atoms with Crippen molar-refractivity contribution < 1.29 is 29.7 Å². The standard InChI is InChI=1S/C19H23N5O6/c1-9-2-4-10(5-3-9)11(6-25)23-8-24(16-13(23)17(29)22-19(20)21-16)18-15(28)14(27)12(7-26)30-18/h2-5,8,11-12,14-15,18,25-28H,6-7H2,1H3,(H2-,20,21,22,29)/p+1/t11-,12-,14-,15-,18-/m1/s1. The molecule has 3 aromatic rings. The number of benzene rings is 1. The van der Waals surface area contributed by atoms with Gasteiger partial charge in [0.25, 0.3) is 11.5 Å². The van der Waals surface area contributed by atoms with E-state index < -0.39 is 42.7 Å². The molecule has 0 aliphatic carbocycles. The number of hydrogen-bond donors (Lipinski definition) is 6. The Morgan fingerprint density at radius 3 is 2.57 bits per heavy atom. The second-order valence-corrected chi connectivity index (χ2v) is 7.39. The highest BCUT2D eigenvalue weighted by Gasteiger charge is 2.47. The first-order valence-corrected chi connectivity index (χ1v) is 9.47. The molecule has 11 nitrogen and oxygen atoms in total. The van der Waals surface area contributed by atoms with Crippen LogP contribution in [0.4, 0.5) is 5.95 Å². The summed E-state index contributed by atoms with van der Waals surface area (Å²) in [7, 11) is 0. The molecule has 1 aliphatic heterocycles. The van der Waals surface area contributed by atoms with Gasteiger partial charge in [-0.2, -0.15) is 0 Å². The van der Waals surface area contributed by atoms with E-state index in [0.29, 0.717) is 0 Å². The van der Waals surface area contributed by atoms with Gasteiger partial charge in [0.1, 0.15) is 24.4 Å². The largest absolute Gasteiger partial charge is 0.394 e. The highest BCUT2D eigenvalue weighted by molar-refractivity contribution is 5.67. The van der Waals surface area contributed by atoms with Crippen molar-refractivity contribution >= 4 is 17.1 Å². The van der Waals surface area contributed by atoms with Gasteiger partial charge in [-0.05, 0) is 12.5 Å². The molecule has 1 saturated heterocycles. The van der Waals surface area contributed by atoms with Crippen molar-refractivity contribution in [1.29, 1.82) is 0 Å². The monoisotopic (exact) mass is 418 g/mol. The summed E-state index contributed by atoms with van der Waals surface area (Å²) in [5.41, 5.74) is 7.21. The highest BCUT2D eigenvalue weighted by atomic mass is 16.6. The SMILES string of the molecule is Cc1ccc([C@@H](CO)n2c[n+]([C@@H]3O[C@H](CO)[C@@H](O)[C@H]3O)c3nc(N)[nH]c(=O)c32)cc1. The van der Waals surface area contributed by atoms with E-state index >= 15 is 0 Å². The van der Waals surface area contributed by atoms with Crippen molar-refractivity contribution in [2.45, 2.75) is 37.5 Å². The smallest absolute Gasteiger partial charge is 0.313 e. The van der Waals surface area contributed by atoms with E-state index in [-0.39, 0.29) is 23.7 Å². The van der Waals surface area contributed by atoms with Gasteiger partial charge in [-0.15, -0.1) is 0 Å². The van der Waals surface area contributed by atoms with Crippen molar-refractivity contribution in [3.8, 4) is 0 Å². The van der Waals surface area contributed by atoms with Crippen LogP contribution in [0, 0.1) is 6.92 Å². The minimum absolute atomic E-state index is 0.108. The highest BCUT2D eigenvalue weighted by Crippen LogP contribution is 2.28. The number of hydrogen-bond acceptors (Lipinski definition) is 8.